The quantitative estimate of drug-likeness (QED) is 0.208. The van der Waals surface area contributed by atoms with Crippen LogP contribution in [0, 0.1) is 0 Å². The average Bonchev–Trinajstić information content (AvgIpc) is 2.43. The predicted molar refractivity (Wildman–Crippen MR) is 80.2 cm³/mol. The Labute approximate surface area is 164 Å². The van der Waals surface area contributed by atoms with Crippen LogP contribution in [0.5, 0.6) is 0 Å². The predicted octanol–water partition coefficient (Wildman–Crippen LogP) is 2.22. The summed E-state index contributed by atoms with van der Waals surface area (Å²) in [5, 5.41) is 0. The fourth-order valence-electron chi connectivity index (χ4n) is 1.86. The number of carbonyl (C=O) groups excluding carboxylic acids is 2. The van der Waals surface area contributed by atoms with E-state index in [9.17, 15) is 9.59 Å². The van der Waals surface area contributed by atoms with E-state index >= 15 is 0 Å². The molecule has 0 atom stereocenters. The van der Waals surface area contributed by atoms with E-state index in [4.69, 9.17) is 0 Å². The Kier molecular flexibility index (Phi) is 20.1. The Balaban J connectivity index is 0. The summed E-state index contributed by atoms with van der Waals surface area (Å²) >= 11 is 0. The van der Waals surface area contributed by atoms with Crippen molar-refractivity contribution in [3.63, 3.8) is 0 Å². The maximum absolute atomic E-state index is 10.9. The third-order valence-electron chi connectivity index (χ3n) is 3.00. The third-order valence-corrected chi connectivity index (χ3v) is 3.00. The van der Waals surface area contributed by atoms with Crippen molar-refractivity contribution in [1.29, 1.82) is 0 Å². The maximum atomic E-state index is 10.9. The molecule has 6 heteroatoms. The number of ether oxygens (including phenoxy) is 1. The van der Waals surface area contributed by atoms with Crippen LogP contribution < -0.4 is 5.90 Å². The van der Waals surface area contributed by atoms with E-state index in [1.807, 2.05) is 0 Å². The second kappa shape index (κ2) is 17.6. The second-order valence-electron chi connectivity index (χ2n) is 4.72. The van der Waals surface area contributed by atoms with Crippen LogP contribution in [0.4, 0.5) is 0 Å². The Bertz CT molecular complexity index is 249. The van der Waals surface area contributed by atoms with Gasteiger partial charge >= 0.3 is 63.3 Å². The van der Waals surface area contributed by atoms with Gasteiger partial charge in [-0.1, -0.05) is 64.7 Å². The molecule has 114 valence electrons. The monoisotopic (exact) mass is 313 g/mol. The summed E-state index contributed by atoms with van der Waals surface area (Å²) in [7, 11) is 0. The van der Waals surface area contributed by atoms with Crippen molar-refractivity contribution in [2.45, 2.75) is 71.1 Å². The van der Waals surface area contributed by atoms with Gasteiger partial charge in [-0.3, -0.25) is 0 Å². The van der Waals surface area contributed by atoms with E-state index < -0.39 is 11.9 Å². The number of hydrogen-bond donors (Lipinski definition) is 1. The molecule has 0 aromatic rings. The Morgan fingerprint density at radius 3 is 1.70 bits per heavy atom. The molecule has 0 rings (SSSR count). The van der Waals surface area contributed by atoms with Crippen LogP contribution in [0.3, 0.4) is 0 Å². The van der Waals surface area contributed by atoms with Gasteiger partial charge < -0.3 is 9.57 Å². The van der Waals surface area contributed by atoms with Crippen LogP contribution in [-0.2, 0) is 19.2 Å². The van der Waals surface area contributed by atoms with E-state index in [0.717, 1.165) is 19.3 Å². The van der Waals surface area contributed by atoms with Gasteiger partial charge in [-0.25, -0.2) is 9.59 Å². The van der Waals surface area contributed by atoms with Crippen LogP contribution in [-0.4, -0.2) is 69.9 Å². The zero-order valence-electron chi connectivity index (χ0n) is 12.0. The molecule has 0 spiro atoms. The fourth-order valence-corrected chi connectivity index (χ4v) is 1.86. The minimum absolute atomic E-state index is 0. The summed E-state index contributed by atoms with van der Waals surface area (Å²) in [5.74, 6) is 2.39. The van der Waals surface area contributed by atoms with Crippen LogP contribution >= 0.6 is 0 Å². The molecule has 0 aliphatic heterocycles. The number of carbonyl (C=O) groups is 2. The number of rotatable bonds is 11. The topological polar surface area (TPSA) is 78.6 Å². The van der Waals surface area contributed by atoms with E-state index in [2.05, 4.69) is 22.4 Å². The normalized spacial score (nSPS) is 9.70. The van der Waals surface area contributed by atoms with Gasteiger partial charge in [-0.15, -0.1) is 0 Å². The Morgan fingerprint density at radius 1 is 0.800 bits per heavy atom. The number of unbranched alkanes of at least 4 members (excludes halogenated alkanes) is 9. The summed E-state index contributed by atoms with van der Waals surface area (Å²) in [6.45, 7) is 2.48. The van der Waals surface area contributed by atoms with E-state index in [0.29, 0.717) is 0 Å². The van der Waals surface area contributed by atoms with Gasteiger partial charge in [0.2, 0.25) is 0 Å². The molecule has 0 saturated heterocycles. The van der Waals surface area contributed by atoms with Crippen LogP contribution in [0.2, 0.25) is 0 Å². The minimum atomic E-state index is -1.15. The van der Waals surface area contributed by atoms with Gasteiger partial charge in [-0.05, 0) is 6.42 Å². The standard InChI is InChI=1S/C14H27NO4.K.H/c1-2-3-4-5-6-7-8-9-10-11-12-18-13(16)14(17)19-15;;/h2-12,15H2,1H3;;. The molecule has 0 saturated carbocycles. The van der Waals surface area contributed by atoms with Crippen molar-refractivity contribution >= 4 is 63.3 Å². The number of nitrogens with two attached hydrogens (primary N) is 1. The average molecular weight is 313 g/mol. The molecule has 0 radical (unpaired) electrons. The van der Waals surface area contributed by atoms with Crippen molar-refractivity contribution in [3.05, 3.63) is 0 Å². The van der Waals surface area contributed by atoms with Gasteiger partial charge in [0.15, 0.2) is 0 Å². The van der Waals surface area contributed by atoms with Crippen LogP contribution in [0.25, 0.3) is 0 Å². The van der Waals surface area contributed by atoms with E-state index in [-0.39, 0.29) is 58.0 Å². The second-order valence-corrected chi connectivity index (χ2v) is 4.72. The molecule has 0 unspecified atom stereocenters. The summed E-state index contributed by atoms with van der Waals surface area (Å²) in [6.07, 6.45) is 12.1. The molecular formula is C14H28KNO4. The zero-order valence-corrected chi connectivity index (χ0v) is 12.0. The summed E-state index contributed by atoms with van der Waals surface area (Å²) in [5.41, 5.74) is 0. The molecule has 0 aromatic carbocycles. The molecule has 20 heavy (non-hydrogen) atoms. The first-order valence-corrected chi connectivity index (χ1v) is 7.30. The van der Waals surface area contributed by atoms with E-state index in [1.165, 1.54) is 44.9 Å². The van der Waals surface area contributed by atoms with Crippen LogP contribution in [0.1, 0.15) is 71.1 Å². The Hall–Kier alpha value is 0.536. The zero-order chi connectivity index (χ0) is 14.3. The molecule has 0 amide bonds. The molecule has 0 aliphatic rings. The van der Waals surface area contributed by atoms with Crippen LogP contribution in [0.15, 0.2) is 0 Å². The first-order chi connectivity index (χ1) is 9.22. The van der Waals surface area contributed by atoms with Crippen molar-refractivity contribution in [3.8, 4) is 0 Å². The fraction of sp³-hybridized carbons (Fsp3) is 0.857. The summed E-state index contributed by atoms with van der Waals surface area (Å²) in [6, 6.07) is 0. The number of esters is 1. The van der Waals surface area contributed by atoms with E-state index in [1.54, 1.807) is 0 Å². The van der Waals surface area contributed by atoms with Crippen molar-refractivity contribution in [1.82, 2.24) is 0 Å². The first kappa shape index (κ1) is 22.8. The van der Waals surface area contributed by atoms with Gasteiger partial charge in [0.1, 0.15) is 0 Å². The third kappa shape index (κ3) is 14.9. The van der Waals surface area contributed by atoms with Gasteiger partial charge in [0.25, 0.3) is 0 Å². The first-order valence-electron chi connectivity index (χ1n) is 7.30. The van der Waals surface area contributed by atoms with Gasteiger partial charge in [0.05, 0.1) is 6.61 Å². The molecule has 0 fully saturated rings. The SMILES string of the molecule is CCCCCCCCCCCCOC(=O)C(=O)ON.[KH]. The van der Waals surface area contributed by atoms with Crippen molar-refractivity contribution < 1.29 is 19.2 Å². The molecule has 0 aromatic heterocycles. The van der Waals surface area contributed by atoms with Crippen molar-refractivity contribution in [2.75, 3.05) is 6.61 Å². The molecular weight excluding hydrogens is 285 g/mol. The molecule has 0 aliphatic carbocycles. The molecule has 5 nitrogen and oxygen atoms in total. The van der Waals surface area contributed by atoms with Gasteiger partial charge in [0, 0.05) is 0 Å². The Morgan fingerprint density at radius 2 is 1.25 bits per heavy atom. The van der Waals surface area contributed by atoms with Crippen molar-refractivity contribution in [2.24, 2.45) is 5.90 Å². The van der Waals surface area contributed by atoms with Gasteiger partial charge in [-0.2, -0.15) is 5.90 Å². The summed E-state index contributed by atoms with van der Waals surface area (Å²) in [4.78, 5) is 25.2. The summed E-state index contributed by atoms with van der Waals surface area (Å²) < 4.78 is 4.67. The molecule has 0 heterocycles. The number of hydrogen-bond acceptors (Lipinski definition) is 5. The molecule has 2 N–H and O–H groups in total. The molecule has 0 bridgehead atoms.